The number of hydrogen-bond donors (Lipinski definition) is 1. The van der Waals surface area contributed by atoms with Crippen molar-refractivity contribution in [1.82, 2.24) is 20.4 Å². The third-order valence-corrected chi connectivity index (χ3v) is 3.71. The number of nitrogens with zero attached hydrogens (tertiary/aromatic N) is 5. The number of carbonyl (C=O) groups excluding carboxylic acids is 1. The lowest BCUT2D eigenvalue weighted by molar-refractivity contribution is -0.385. The molecular formula is C16H13N6O4-. The highest BCUT2D eigenvalue weighted by atomic mass is 16.6. The molecule has 0 fully saturated rings. The summed E-state index contributed by atoms with van der Waals surface area (Å²) in [4.78, 5) is 22.4. The van der Waals surface area contributed by atoms with Gasteiger partial charge in [0.15, 0.2) is 0 Å². The first-order valence-electron chi connectivity index (χ1n) is 7.55. The van der Waals surface area contributed by atoms with Crippen LogP contribution < -0.4 is 10.5 Å². The Bertz CT molecular complexity index is 1010. The van der Waals surface area contributed by atoms with E-state index in [1.807, 2.05) is 12.1 Å². The Balaban J connectivity index is 1.73. The first kappa shape index (κ1) is 17.0. The Hall–Kier alpha value is -3.82. The van der Waals surface area contributed by atoms with Gasteiger partial charge in [-0.2, -0.15) is 5.10 Å². The maximum atomic E-state index is 12.2. The molecule has 0 bridgehead atoms. The second kappa shape index (κ2) is 6.97. The van der Waals surface area contributed by atoms with E-state index in [-0.39, 0.29) is 11.3 Å². The smallest absolute Gasteiger partial charge is 0.270 e. The lowest BCUT2D eigenvalue weighted by Gasteiger charge is -2.11. The molecule has 0 spiro atoms. The zero-order valence-corrected chi connectivity index (χ0v) is 13.6. The maximum Gasteiger partial charge on any atom is 0.270 e. The number of hydrogen-bond acceptors (Lipinski definition) is 7. The van der Waals surface area contributed by atoms with Gasteiger partial charge in [-0.15, -0.1) is 5.10 Å². The molecule has 3 rings (SSSR count). The van der Waals surface area contributed by atoms with Crippen molar-refractivity contribution in [2.45, 2.75) is 13.0 Å². The van der Waals surface area contributed by atoms with Crippen LogP contribution >= 0.6 is 0 Å². The Morgan fingerprint density at radius 1 is 1.35 bits per heavy atom. The van der Waals surface area contributed by atoms with Gasteiger partial charge in [-0.3, -0.25) is 14.9 Å². The van der Waals surface area contributed by atoms with Gasteiger partial charge < -0.3 is 5.11 Å². The van der Waals surface area contributed by atoms with Crippen molar-refractivity contribution in [3.8, 4) is 5.75 Å². The molecule has 1 aromatic heterocycles. The van der Waals surface area contributed by atoms with Crippen LogP contribution in [0, 0.1) is 10.1 Å². The van der Waals surface area contributed by atoms with Crippen LogP contribution in [0.5, 0.6) is 5.75 Å². The number of rotatable bonds is 5. The number of non-ortho nitro benzene ring substituents is 1. The summed E-state index contributed by atoms with van der Waals surface area (Å²) in [5.74, 6) is -0.918. The monoisotopic (exact) mass is 353 g/mol. The maximum absolute atomic E-state index is 12.2. The average Bonchev–Trinajstić information content (AvgIpc) is 3.06. The summed E-state index contributed by atoms with van der Waals surface area (Å²) in [6.07, 6.45) is 1.07. The summed E-state index contributed by atoms with van der Waals surface area (Å²) in [6.45, 7) is 1.62. The predicted molar refractivity (Wildman–Crippen MR) is 90.5 cm³/mol. The van der Waals surface area contributed by atoms with E-state index in [4.69, 9.17) is 0 Å². The molecule has 1 atom stereocenters. The molecule has 0 aliphatic rings. The molecule has 0 saturated carbocycles. The summed E-state index contributed by atoms with van der Waals surface area (Å²) in [5, 5.41) is 34.1. The third kappa shape index (κ3) is 3.34. The fraction of sp³-hybridized carbons (Fsp3) is 0.125. The fourth-order valence-corrected chi connectivity index (χ4v) is 2.29. The third-order valence-electron chi connectivity index (χ3n) is 3.71. The van der Waals surface area contributed by atoms with E-state index < -0.39 is 22.6 Å². The first-order chi connectivity index (χ1) is 12.5. The standard InChI is InChI=1S/C16H14N6O4/c1-10(21-14-5-3-2-4-13(14)18-20-21)16(24)19-17-9-11-8-12(22(25)26)6-7-15(11)23/h2-10,23H,1H3,(H,19,24)/p-1. The molecule has 2 aromatic carbocycles. The number of carbonyl (C=O) groups is 1. The van der Waals surface area contributed by atoms with Crippen molar-refractivity contribution in [2.75, 3.05) is 0 Å². The van der Waals surface area contributed by atoms with Gasteiger partial charge in [0.2, 0.25) is 0 Å². The first-order valence-corrected chi connectivity index (χ1v) is 7.55. The predicted octanol–water partition coefficient (Wildman–Crippen LogP) is 1.12. The number of benzene rings is 2. The van der Waals surface area contributed by atoms with Crippen LogP contribution in [0.4, 0.5) is 5.69 Å². The van der Waals surface area contributed by atoms with E-state index in [1.165, 1.54) is 4.68 Å². The van der Waals surface area contributed by atoms with Gasteiger partial charge in [0.25, 0.3) is 11.6 Å². The molecule has 132 valence electrons. The van der Waals surface area contributed by atoms with E-state index in [0.717, 1.165) is 24.4 Å². The van der Waals surface area contributed by atoms with Crippen molar-refractivity contribution in [1.29, 1.82) is 0 Å². The molecule has 10 nitrogen and oxygen atoms in total. The number of nitro groups is 1. The quantitative estimate of drug-likeness (QED) is 0.414. The van der Waals surface area contributed by atoms with Crippen molar-refractivity contribution in [3.63, 3.8) is 0 Å². The van der Waals surface area contributed by atoms with Gasteiger partial charge >= 0.3 is 0 Å². The normalized spacial score (nSPS) is 12.3. The summed E-state index contributed by atoms with van der Waals surface area (Å²) in [5.41, 5.74) is 3.41. The van der Waals surface area contributed by atoms with Crippen LogP contribution in [0.15, 0.2) is 47.6 Å². The zero-order chi connectivity index (χ0) is 18.7. The molecule has 26 heavy (non-hydrogen) atoms. The van der Waals surface area contributed by atoms with Crippen molar-refractivity contribution in [3.05, 3.63) is 58.1 Å². The second-order valence-corrected chi connectivity index (χ2v) is 5.41. The molecule has 10 heteroatoms. The van der Waals surface area contributed by atoms with E-state index >= 15 is 0 Å². The van der Waals surface area contributed by atoms with Gasteiger partial charge in [0.1, 0.15) is 11.6 Å². The summed E-state index contributed by atoms with van der Waals surface area (Å²) in [7, 11) is 0. The number of nitro benzene ring substituents is 1. The number of amides is 1. The van der Waals surface area contributed by atoms with Gasteiger partial charge in [-0.05, 0) is 24.6 Å². The molecule has 1 N–H and O–H groups in total. The molecule has 0 aliphatic heterocycles. The molecule has 0 aliphatic carbocycles. The van der Waals surface area contributed by atoms with Crippen LogP contribution in [-0.2, 0) is 4.79 Å². The zero-order valence-electron chi connectivity index (χ0n) is 13.6. The van der Waals surface area contributed by atoms with E-state index in [1.54, 1.807) is 19.1 Å². The average molecular weight is 353 g/mol. The fourth-order valence-electron chi connectivity index (χ4n) is 2.29. The number of fused-ring (bicyclic) bond motifs is 1. The summed E-state index contributed by atoms with van der Waals surface area (Å²) < 4.78 is 1.45. The Labute approximate surface area is 146 Å². The van der Waals surface area contributed by atoms with Crippen LogP contribution in [0.3, 0.4) is 0 Å². The van der Waals surface area contributed by atoms with Gasteiger partial charge in [0.05, 0.1) is 16.7 Å². The molecule has 3 aromatic rings. The minimum Gasteiger partial charge on any atom is -0.872 e. The lowest BCUT2D eigenvalue weighted by atomic mass is 10.2. The molecule has 0 radical (unpaired) electrons. The lowest BCUT2D eigenvalue weighted by Crippen LogP contribution is -2.28. The van der Waals surface area contributed by atoms with E-state index in [2.05, 4.69) is 20.8 Å². The number of nitrogens with one attached hydrogen (secondary N) is 1. The highest BCUT2D eigenvalue weighted by Crippen LogP contribution is 2.19. The molecule has 1 unspecified atom stereocenters. The summed E-state index contributed by atoms with van der Waals surface area (Å²) in [6, 6.07) is 9.76. The van der Waals surface area contributed by atoms with Crippen molar-refractivity contribution < 1.29 is 14.8 Å². The largest absolute Gasteiger partial charge is 0.872 e. The van der Waals surface area contributed by atoms with E-state index in [9.17, 15) is 20.0 Å². The van der Waals surface area contributed by atoms with Crippen LogP contribution in [0.25, 0.3) is 11.0 Å². The van der Waals surface area contributed by atoms with Crippen LogP contribution in [0.1, 0.15) is 18.5 Å². The number of hydrazone groups is 1. The Kier molecular flexibility index (Phi) is 4.56. The Morgan fingerprint density at radius 3 is 2.88 bits per heavy atom. The number of aromatic nitrogens is 3. The van der Waals surface area contributed by atoms with Crippen LogP contribution in [0.2, 0.25) is 0 Å². The highest BCUT2D eigenvalue weighted by Gasteiger charge is 2.18. The van der Waals surface area contributed by atoms with Crippen molar-refractivity contribution >= 4 is 28.8 Å². The van der Waals surface area contributed by atoms with Gasteiger partial charge in [-0.1, -0.05) is 29.2 Å². The SMILES string of the molecule is CC(C(=O)NN=Cc1cc([N+](=O)[O-])ccc1[O-])n1nnc2ccccc21. The number of para-hydroxylation sites is 1. The van der Waals surface area contributed by atoms with Crippen LogP contribution in [-0.4, -0.2) is 32.0 Å². The summed E-state index contributed by atoms with van der Waals surface area (Å²) >= 11 is 0. The topological polar surface area (TPSA) is 138 Å². The molecule has 0 saturated heterocycles. The Morgan fingerprint density at radius 2 is 2.12 bits per heavy atom. The van der Waals surface area contributed by atoms with E-state index in [0.29, 0.717) is 11.0 Å². The second-order valence-electron chi connectivity index (χ2n) is 5.41. The minimum absolute atomic E-state index is 0.00152. The van der Waals surface area contributed by atoms with Gasteiger partial charge in [0, 0.05) is 12.1 Å². The molecule has 1 amide bonds. The minimum atomic E-state index is -0.698. The molecular weight excluding hydrogens is 340 g/mol. The van der Waals surface area contributed by atoms with Gasteiger partial charge in [-0.25, -0.2) is 10.1 Å². The van der Waals surface area contributed by atoms with Crippen molar-refractivity contribution in [2.24, 2.45) is 5.10 Å². The highest BCUT2D eigenvalue weighted by molar-refractivity contribution is 5.87. The molecule has 1 heterocycles.